The van der Waals surface area contributed by atoms with E-state index in [2.05, 4.69) is 15.5 Å². The number of rotatable bonds is 5. The van der Waals surface area contributed by atoms with Crippen molar-refractivity contribution < 1.29 is 14.3 Å². The van der Waals surface area contributed by atoms with Crippen LogP contribution >= 0.6 is 0 Å². The fourth-order valence-electron chi connectivity index (χ4n) is 1.95. The molecule has 1 atom stereocenters. The quantitative estimate of drug-likeness (QED) is 0.724. The van der Waals surface area contributed by atoms with Crippen molar-refractivity contribution >= 4 is 11.6 Å². The monoisotopic (exact) mass is 290 g/mol. The predicted octanol–water partition coefficient (Wildman–Crippen LogP) is 1.50. The van der Waals surface area contributed by atoms with Gasteiger partial charge in [-0.25, -0.2) is 0 Å². The highest BCUT2D eigenvalue weighted by Crippen LogP contribution is 2.32. The van der Waals surface area contributed by atoms with E-state index < -0.39 is 0 Å². The Hall–Kier alpha value is -2.70. The lowest BCUT2D eigenvalue weighted by Gasteiger charge is -2.15. The highest BCUT2D eigenvalue weighted by atomic mass is 16.5. The summed E-state index contributed by atoms with van der Waals surface area (Å²) in [4.78, 5) is 12.3. The fraction of sp³-hybridized carbons (Fsp3) is 0.286. The van der Waals surface area contributed by atoms with Crippen LogP contribution < -0.4 is 20.5 Å². The van der Waals surface area contributed by atoms with E-state index in [1.165, 1.54) is 14.2 Å². The van der Waals surface area contributed by atoms with Gasteiger partial charge in [-0.1, -0.05) is 0 Å². The fourth-order valence-corrected chi connectivity index (χ4v) is 1.95. The number of nitrogens with two attached hydrogens (primary N) is 1. The molecule has 4 N–H and O–H groups in total. The van der Waals surface area contributed by atoms with Crippen molar-refractivity contribution in [1.82, 2.24) is 15.5 Å². The predicted molar refractivity (Wildman–Crippen MR) is 78.4 cm³/mol. The third kappa shape index (κ3) is 3.07. The van der Waals surface area contributed by atoms with Gasteiger partial charge >= 0.3 is 0 Å². The first-order chi connectivity index (χ1) is 10.1. The molecule has 1 unspecified atom stereocenters. The highest BCUT2D eigenvalue weighted by Gasteiger charge is 2.17. The van der Waals surface area contributed by atoms with Gasteiger partial charge < -0.3 is 20.5 Å². The number of nitrogens with zero attached hydrogens (tertiary/aromatic N) is 1. The van der Waals surface area contributed by atoms with E-state index in [4.69, 9.17) is 15.2 Å². The van der Waals surface area contributed by atoms with Crippen molar-refractivity contribution in [3.05, 3.63) is 35.7 Å². The van der Waals surface area contributed by atoms with Crippen molar-refractivity contribution in [2.24, 2.45) is 0 Å². The number of nitrogens with one attached hydrogen (secondary N) is 2. The zero-order valence-electron chi connectivity index (χ0n) is 12.1. The number of aromatic nitrogens is 2. The van der Waals surface area contributed by atoms with Gasteiger partial charge in [0.15, 0.2) is 11.5 Å². The lowest BCUT2D eigenvalue weighted by atomic mass is 10.1. The van der Waals surface area contributed by atoms with Crippen LogP contribution in [0.3, 0.4) is 0 Å². The Bertz CT molecular complexity index is 625. The van der Waals surface area contributed by atoms with Crippen molar-refractivity contribution in [2.45, 2.75) is 13.0 Å². The number of nitrogen functional groups attached to an aromatic ring is 1. The molecular formula is C14H18N4O3. The van der Waals surface area contributed by atoms with Gasteiger partial charge in [0.2, 0.25) is 0 Å². The number of aromatic amines is 1. The van der Waals surface area contributed by atoms with Crippen LogP contribution in [0.2, 0.25) is 0 Å². The van der Waals surface area contributed by atoms with E-state index in [1.807, 2.05) is 6.92 Å². The number of hydrogen-bond donors (Lipinski definition) is 3. The average molecular weight is 290 g/mol. The minimum atomic E-state index is -0.290. The maximum absolute atomic E-state index is 12.3. The highest BCUT2D eigenvalue weighted by molar-refractivity contribution is 6.00. The molecule has 0 aliphatic rings. The van der Waals surface area contributed by atoms with Crippen LogP contribution in [0.1, 0.15) is 28.9 Å². The van der Waals surface area contributed by atoms with Crippen molar-refractivity contribution in [1.29, 1.82) is 0 Å². The Kier molecular flexibility index (Phi) is 4.32. The molecule has 1 heterocycles. The van der Waals surface area contributed by atoms with Gasteiger partial charge in [-0.3, -0.25) is 9.89 Å². The maximum Gasteiger partial charge on any atom is 0.253 e. The van der Waals surface area contributed by atoms with Crippen LogP contribution in [-0.2, 0) is 0 Å². The van der Waals surface area contributed by atoms with Gasteiger partial charge in [0.25, 0.3) is 5.91 Å². The number of H-pyrrole nitrogens is 1. The molecule has 0 saturated carbocycles. The minimum Gasteiger partial charge on any atom is -0.493 e. The molecule has 0 aliphatic carbocycles. The number of carbonyl (C=O) groups is 1. The Morgan fingerprint density at radius 3 is 2.57 bits per heavy atom. The third-order valence-electron chi connectivity index (χ3n) is 3.17. The summed E-state index contributed by atoms with van der Waals surface area (Å²) in [5, 5.41) is 9.41. The van der Waals surface area contributed by atoms with Crippen molar-refractivity contribution in [3.8, 4) is 11.5 Å². The number of ether oxygens (including phenoxy) is 2. The second-order valence-electron chi connectivity index (χ2n) is 4.52. The van der Waals surface area contributed by atoms with Crippen LogP contribution in [0.15, 0.2) is 24.5 Å². The average Bonchev–Trinajstić information content (AvgIpc) is 3.00. The molecule has 1 aromatic carbocycles. The van der Waals surface area contributed by atoms with Crippen LogP contribution in [-0.4, -0.2) is 30.3 Å². The molecule has 1 aromatic heterocycles. The SMILES string of the molecule is COc1cc(N)c(C(=O)NC(C)c2cn[nH]c2)cc1OC. The minimum absolute atomic E-state index is 0.191. The molecule has 0 saturated heterocycles. The lowest BCUT2D eigenvalue weighted by molar-refractivity contribution is 0.0940. The molecule has 0 spiro atoms. The second kappa shape index (κ2) is 6.17. The van der Waals surface area contributed by atoms with Gasteiger partial charge in [0.1, 0.15) is 0 Å². The summed E-state index contributed by atoms with van der Waals surface area (Å²) in [7, 11) is 3.02. The first-order valence-electron chi connectivity index (χ1n) is 6.37. The molecule has 1 amide bonds. The van der Waals surface area contributed by atoms with E-state index >= 15 is 0 Å². The number of carbonyl (C=O) groups excluding carboxylic acids is 1. The number of anilines is 1. The first kappa shape index (κ1) is 14.7. The summed E-state index contributed by atoms with van der Waals surface area (Å²) < 4.78 is 10.3. The van der Waals surface area contributed by atoms with Crippen LogP contribution in [0.5, 0.6) is 11.5 Å². The Morgan fingerprint density at radius 1 is 1.33 bits per heavy atom. The molecule has 0 fully saturated rings. The number of amides is 1. The van der Waals surface area contributed by atoms with Gasteiger partial charge in [-0.15, -0.1) is 0 Å². The second-order valence-corrected chi connectivity index (χ2v) is 4.52. The van der Waals surface area contributed by atoms with Crippen LogP contribution in [0.25, 0.3) is 0 Å². The zero-order valence-corrected chi connectivity index (χ0v) is 12.1. The Balaban J connectivity index is 2.23. The first-order valence-corrected chi connectivity index (χ1v) is 6.37. The lowest BCUT2D eigenvalue weighted by Crippen LogP contribution is -2.27. The summed E-state index contributed by atoms with van der Waals surface area (Å²) in [6, 6.07) is 2.94. The number of methoxy groups -OCH3 is 2. The van der Waals surface area contributed by atoms with E-state index in [0.29, 0.717) is 22.7 Å². The normalized spacial score (nSPS) is 11.8. The van der Waals surface area contributed by atoms with E-state index in [0.717, 1.165) is 5.56 Å². The smallest absolute Gasteiger partial charge is 0.253 e. The third-order valence-corrected chi connectivity index (χ3v) is 3.17. The molecule has 2 rings (SSSR count). The maximum atomic E-state index is 12.3. The number of benzene rings is 1. The zero-order chi connectivity index (χ0) is 15.4. The topological polar surface area (TPSA) is 102 Å². The molecule has 2 aromatic rings. The summed E-state index contributed by atoms with van der Waals surface area (Å²) in [6.45, 7) is 1.86. The Labute approximate surface area is 122 Å². The standard InChI is InChI=1S/C14H18N4O3/c1-8(9-6-16-17-7-9)18-14(19)10-4-12(20-2)13(21-3)5-11(10)15/h4-8H,15H2,1-3H3,(H,16,17)(H,18,19). The molecule has 7 heteroatoms. The van der Waals surface area contributed by atoms with Crippen LogP contribution in [0.4, 0.5) is 5.69 Å². The molecule has 0 radical (unpaired) electrons. The van der Waals surface area contributed by atoms with E-state index in [-0.39, 0.29) is 11.9 Å². The van der Waals surface area contributed by atoms with Gasteiger partial charge in [0.05, 0.1) is 32.0 Å². The van der Waals surface area contributed by atoms with Gasteiger partial charge in [-0.05, 0) is 13.0 Å². The van der Waals surface area contributed by atoms with E-state index in [1.54, 1.807) is 24.5 Å². The molecule has 21 heavy (non-hydrogen) atoms. The van der Waals surface area contributed by atoms with E-state index in [9.17, 15) is 4.79 Å². The molecule has 112 valence electrons. The summed E-state index contributed by atoms with van der Waals surface area (Å²) in [5.41, 5.74) is 7.44. The summed E-state index contributed by atoms with van der Waals surface area (Å²) >= 11 is 0. The van der Waals surface area contributed by atoms with Gasteiger partial charge in [0, 0.05) is 23.5 Å². The van der Waals surface area contributed by atoms with Gasteiger partial charge in [-0.2, -0.15) is 5.10 Å². The summed E-state index contributed by atoms with van der Waals surface area (Å²) in [5.74, 6) is 0.643. The van der Waals surface area contributed by atoms with Crippen LogP contribution in [0, 0.1) is 0 Å². The molecule has 0 bridgehead atoms. The van der Waals surface area contributed by atoms with Crippen molar-refractivity contribution in [3.63, 3.8) is 0 Å². The summed E-state index contributed by atoms with van der Waals surface area (Å²) in [6.07, 6.45) is 3.38. The largest absolute Gasteiger partial charge is 0.493 e. The molecule has 0 aliphatic heterocycles. The number of hydrogen-bond acceptors (Lipinski definition) is 5. The van der Waals surface area contributed by atoms with Crippen molar-refractivity contribution in [2.75, 3.05) is 20.0 Å². The Morgan fingerprint density at radius 2 is 2.00 bits per heavy atom. The molecule has 7 nitrogen and oxygen atoms in total. The molecular weight excluding hydrogens is 272 g/mol.